The lowest BCUT2D eigenvalue weighted by Gasteiger charge is -2.19. The molecule has 1 rings (SSSR count). The Morgan fingerprint density at radius 3 is 2.59 bits per heavy atom. The second-order valence-corrected chi connectivity index (χ2v) is 6.12. The van der Waals surface area contributed by atoms with E-state index in [4.69, 9.17) is 9.84 Å². The number of amides is 1. The average Bonchev–Trinajstić information content (AvgIpc) is 2.43. The summed E-state index contributed by atoms with van der Waals surface area (Å²) in [5, 5.41) is 11.2. The summed E-state index contributed by atoms with van der Waals surface area (Å²) in [7, 11) is 0. The summed E-state index contributed by atoms with van der Waals surface area (Å²) in [5.41, 5.74) is -0.00497. The molecule has 0 aliphatic carbocycles. The Balaban J connectivity index is 2.78. The number of nitrogens with zero attached hydrogens (tertiary/aromatic N) is 1. The van der Waals surface area contributed by atoms with Crippen LogP contribution >= 0.6 is 11.8 Å². The maximum atomic E-state index is 11.7. The smallest absolute Gasteiger partial charge is 0.407 e. The van der Waals surface area contributed by atoms with Gasteiger partial charge < -0.3 is 19.9 Å². The number of esters is 1. The molecule has 1 heterocycles. The molecule has 0 saturated heterocycles. The number of hydrogen-bond acceptors (Lipinski definition) is 7. The number of hydrogen-bond donors (Lipinski definition) is 2. The Hall–Kier alpha value is -1.80. The number of nitrogens with one attached hydrogen (secondary N) is 1. The minimum absolute atomic E-state index is 0.102. The van der Waals surface area contributed by atoms with Gasteiger partial charge in [0.15, 0.2) is 12.5 Å². The van der Waals surface area contributed by atoms with Crippen LogP contribution < -0.4 is 5.32 Å². The molecular formula is C14H20N2O5S. The average molecular weight is 328 g/mol. The number of carbonyl (C=O) groups is 2. The lowest BCUT2D eigenvalue weighted by molar-refractivity contribution is 0.00581. The summed E-state index contributed by atoms with van der Waals surface area (Å²) in [6, 6.07) is 3.40. The first-order valence-corrected chi connectivity index (χ1v) is 7.78. The zero-order valence-electron chi connectivity index (χ0n) is 13.0. The third kappa shape index (κ3) is 5.90. The number of rotatable bonds is 5. The number of ether oxygens (including phenoxy) is 2. The SMILES string of the molecule is CSc1ccc(CNC(=O)OC(C)(C)C)nc1C(=O)OCO. The molecule has 0 unspecified atom stereocenters. The number of pyridine rings is 1. The van der Waals surface area contributed by atoms with Crippen LogP contribution in [0.1, 0.15) is 37.0 Å². The molecular weight excluding hydrogens is 308 g/mol. The van der Waals surface area contributed by atoms with E-state index in [1.165, 1.54) is 11.8 Å². The first-order chi connectivity index (χ1) is 10.3. The van der Waals surface area contributed by atoms with E-state index in [9.17, 15) is 9.59 Å². The summed E-state index contributed by atoms with van der Waals surface area (Å²) in [6.07, 6.45) is 1.23. The Bertz CT molecular complexity index is 543. The van der Waals surface area contributed by atoms with Crippen molar-refractivity contribution in [2.24, 2.45) is 0 Å². The molecule has 0 saturated carbocycles. The standard InChI is InChI=1S/C14H20N2O5S/c1-14(2,3)21-13(19)15-7-9-5-6-10(22-4)11(16-9)12(18)20-8-17/h5-6,17H,7-8H2,1-4H3,(H,15,19). The van der Waals surface area contributed by atoms with E-state index in [0.717, 1.165) is 0 Å². The summed E-state index contributed by atoms with van der Waals surface area (Å²) in [6.45, 7) is 4.70. The predicted octanol–water partition coefficient (Wildman–Crippen LogP) is 1.93. The van der Waals surface area contributed by atoms with Crippen LogP contribution in [0.25, 0.3) is 0 Å². The zero-order valence-corrected chi connectivity index (χ0v) is 13.8. The summed E-state index contributed by atoms with van der Waals surface area (Å²) < 4.78 is 9.66. The first-order valence-electron chi connectivity index (χ1n) is 6.55. The lowest BCUT2D eigenvalue weighted by atomic mass is 10.2. The fourth-order valence-electron chi connectivity index (χ4n) is 1.50. The van der Waals surface area contributed by atoms with Crippen molar-refractivity contribution in [3.05, 3.63) is 23.5 Å². The zero-order chi connectivity index (χ0) is 16.8. The largest absolute Gasteiger partial charge is 0.444 e. The number of aromatic nitrogens is 1. The van der Waals surface area contributed by atoms with Crippen LogP contribution in [0.4, 0.5) is 4.79 Å². The summed E-state index contributed by atoms with van der Waals surface area (Å²) >= 11 is 1.33. The van der Waals surface area contributed by atoms with Crippen LogP contribution in [0.5, 0.6) is 0 Å². The van der Waals surface area contributed by atoms with Gasteiger partial charge in [-0.3, -0.25) is 0 Å². The minimum atomic E-state index is -0.717. The Morgan fingerprint density at radius 1 is 1.36 bits per heavy atom. The van der Waals surface area contributed by atoms with E-state index in [1.54, 1.807) is 39.2 Å². The van der Waals surface area contributed by atoms with Crippen molar-refractivity contribution in [3.8, 4) is 0 Å². The number of aliphatic hydroxyl groups excluding tert-OH is 1. The second-order valence-electron chi connectivity index (χ2n) is 5.27. The highest BCUT2D eigenvalue weighted by atomic mass is 32.2. The molecule has 0 spiro atoms. The van der Waals surface area contributed by atoms with Gasteiger partial charge in [-0.2, -0.15) is 0 Å². The Kier molecular flexibility index (Phi) is 6.63. The fraction of sp³-hybridized carbons (Fsp3) is 0.500. The maximum absolute atomic E-state index is 11.7. The number of alkyl carbamates (subject to hydrolysis) is 1. The highest BCUT2D eigenvalue weighted by molar-refractivity contribution is 7.98. The van der Waals surface area contributed by atoms with Gasteiger partial charge in [-0.25, -0.2) is 14.6 Å². The molecule has 7 nitrogen and oxygen atoms in total. The van der Waals surface area contributed by atoms with E-state index in [1.807, 2.05) is 0 Å². The fourth-order valence-corrected chi connectivity index (χ4v) is 2.03. The normalized spacial score (nSPS) is 11.0. The van der Waals surface area contributed by atoms with E-state index < -0.39 is 24.5 Å². The molecule has 0 aliphatic rings. The van der Waals surface area contributed by atoms with Crippen LogP contribution in [0.2, 0.25) is 0 Å². The van der Waals surface area contributed by atoms with Crippen LogP contribution in [-0.2, 0) is 16.0 Å². The number of thioether (sulfide) groups is 1. The van der Waals surface area contributed by atoms with Crippen LogP contribution in [0, 0.1) is 0 Å². The van der Waals surface area contributed by atoms with E-state index in [-0.39, 0.29) is 12.2 Å². The molecule has 22 heavy (non-hydrogen) atoms. The van der Waals surface area contributed by atoms with E-state index in [2.05, 4.69) is 15.0 Å². The molecule has 1 aromatic rings. The molecule has 8 heteroatoms. The van der Waals surface area contributed by atoms with Crippen molar-refractivity contribution >= 4 is 23.8 Å². The number of carbonyl (C=O) groups excluding carboxylic acids is 2. The molecule has 0 fully saturated rings. The van der Waals surface area contributed by atoms with Crippen molar-refractivity contribution in [1.82, 2.24) is 10.3 Å². The molecule has 2 N–H and O–H groups in total. The quantitative estimate of drug-likeness (QED) is 0.484. The lowest BCUT2D eigenvalue weighted by Crippen LogP contribution is -2.32. The summed E-state index contributed by atoms with van der Waals surface area (Å²) in [5.74, 6) is -0.717. The summed E-state index contributed by atoms with van der Waals surface area (Å²) in [4.78, 5) is 28.1. The molecule has 0 radical (unpaired) electrons. The molecule has 1 amide bonds. The third-order valence-corrected chi connectivity index (χ3v) is 3.11. The third-order valence-electron chi connectivity index (χ3n) is 2.34. The van der Waals surface area contributed by atoms with Crippen molar-refractivity contribution in [2.45, 2.75) is 37.8 Å². The van der Waals surface area contributed by atoms with Crippen molar-refractivity contribution in [1.29, 1.82) is 0 Å². The van der Waals surface area contributed by atoms with Gasteiger partial charge >= 0.3 is 12.1 Å². The number of aliphatic hydroxyl groups is 1. The van der Waals surface area contributed by atoms with Gasteiger partial charge in [0.2, 0.25) is 0 Å². The predicted molar refractivity (Wildman–Crippen MR) is 81.6 cm³/mol. The van der Waals surface area contributed by atoms with Crippen molar-refractivity contribution < 1.29 is 24.2 Å². The van der Waals surface area contributed by atoms with E-state index in [0.29, 0.717) is 10.6 Å². The van der Waals surface area contributed by atoms with Crippen LogP contribution in [-0.4, -0.2) is 40.8 Å². The molecule has 0 atom stereocenters. The molecule has 0 bridgehead atoms. The second kappa shape index (κ2) is 8.00. The highest BCUT2D eigenvalue weighted by Crippen LogP contribution is 2.20. The van der Waals surface area contributed by atoms with Crippen LogP contribution in [0.3, 0.4) is 0 Å². The topological polar surface area (TPSA) is 97.8 Å². The first kappa shape index (κ1) is 18.2. The molecule has 122 valence electrons. The monoisotopic (exact) mass is 328 g/mol. The Labute approximate surface area is 133 Å². The van der Waals surface area contributed by atoms with Gasteiger partial charge in [0.1, 0.15) is 5.60 Å². The van der Waals surface area contributed by atoms with Crippen molar-refractivity contribution in [2.75, 3.05) is 13.0 Å². The minimum Gasteiger partial charge on any atom is -0.444 e. The van der Waals surface area contributed by atoms with Gasteiger partial charge in [-0.1, -0.05) is 0 Å². The van der Waals surface area contributed by atoms with Crippen molar-refractivity contribution in [3.63, 3.8) is 0 Å². The molecule has 0 aliphatic heterocycles. The van der Waals surface area contributed by atoms with Gasteiger partial charge in [-0.15, -0.1) is 11.8 Å². The van der Waals surface area contributed by atoms with E-state index >= 15 is 0 Å². The van der Waals surface area contributed by atoms with Gasteiger partial charge in [0, 0.05) is 4.90 Å². The van der Waals surface area contributed by atoms with Gasteiger partial charge in [0.05, 0.1) is 12.2 Å². The van der Waals surface area contributed by atoms with Gasteiger partial charge in [0.25, 0.3) is 0 Å². The van der Waals surface area contributed by atoms with Crippen LogP contribution in [0.15, 0.2) is 17.0 Å². The molecule has 0 aromatic carbocycles. The Morgan fingerprint density at radius 2 is 2.05 bits per heavy atom. The van der Waals surface area contributed by atoms with Gasteiger partial charge in [-0.05, 0) is 39.2 Å². The molecule has 1 aromatic heterocycles. The highest BCUT2D eigenvalue weighted by Gasteiger charge is 2.18. The maximum Gasteiger partial charge on any atom is 0.407 e.